The molecule has 2 saturated heterocycles. The second-order valence-corrected chi connectivity index (χ2v) is 6.38. The van der Waals surface area contributed by atoms with Crippen LogP contribution in [-0.4, -0.2) is 67.8 Å². The van der Waals surface area contributed by atoms with E-state index in [1.54, 1.807) is 7.11 Å². The van der Waals surface area contributed by atoms with Gasteiger partial charge in [0.1, 0.15) is 12.3 Å². The Bertz CT molecular complexity index is 630. The Balaban J connectivity index is 0.00000243. The van der Waals surface area contributed by atoms with Crippen LogP contribution in [0.4, 0.5) is 13.2 Å². The SMILES string of the molecule is COc1ccccc1C1CNCCN1C1CCN(CC(F)(F)F)C1=O.Cl. The van der Waals surface area contributed by atoms with Crippen LogP contribution < -0.4 is 10.1 Å². The van der Waals surface area contributed by atoms with Crippen molar-refractivity contribution < 1.29 is 22.7 Å². The number of para-hydroxylation sites is 1. The zero-order valence-electron chi connectivity index (χ0n) is 14.5. The summed E-state index contributed by atoms with van der Waals surface area (Å²) in [5.41, 5.74) is 0.944. The van der Waals surface area contributed by atoms with Gasteiger partial charge in [0.05, 0.1) is 19.2 Å². The van der Waals surface area contributed by atoms with Crippen molar-refractivity contribution in [2.75, 3.05) is 39.8 Å². The lowest BCUT2D eigenvalue weighted by molar-refractivity contribution is -0.159. The highest BCUT2D eigenvalue weighted by Gasteiger charge is 2.44. The van der Waals surface area contributed by atoms with Crippen LogP contribution in [0, 0.1) is 0 Å². The van der Waals surface area contributed by atoms with Crippen LogP contribution in [0.15, 0.2) is 24.3 Å². The minimum absolute atomic E-state index is 0. The first-order valence-electron chi connectivity index (χ1n) is 8.35. The number of likely N-dealkylation sites (tertiary alicyclic amines) is 1. The Hall–Kier alpha value is -1.51. The average Bonchev–Trinajstić information content (AvgIpc) is 2.94. The van der Waals surface area contributed by atoms with Crippen LogP contribution in [-0.2, 0) is 4.79 Å². The maximum atomic E-state index is 12.7. The van der Waals surface area contributed by atoms with Crippen LogP contribution in [0.1, 0.15) is 18.0 Å². The van der Waals surface area contributed by atoms with Gasteiger partial charge in [0.25, 0.3) is 0 Å². The molecule has 0 radical (unpaired) electrons. The smallest absolute Gasteiger partial charge is 0.406 e. The van der Waals surface area contributed by atoms with Gasteiger partial charge < -0.3 is 15.0 Å². The fourth-order valence-electron chi connectivity index (χ4n) is 3.73. The molecule has 2 aliphatic heterocycles. The Morgan fingerprint density at radius 2 is 1.96 bits per heavy atom. The summed E-state index contributed by atoms with van der Waals surface area (Å²) in [7, 11) is 1.59. The quantitative estimate of drug-likeness (QED) is 0.852. The Morgan fingerprint density at radius 3 is 2.65 bits per heavy atom. The van der Waals surface area contributed by atoms with Crippen LogP contribution >= 0.6 is 12.4 Å². The van der Waals surface area contributed by atoms with Crippen molar-refractivity contribution in [1.82, 2.24) is 15.1 Å². The summed E-state index contributed by atoms with van der Waals surface area (Å²) in [6.07, 6.45) is -3.95. The number of methoxy groups -OCH3 is 1. The molecule has 9 heteroatoms. The van der Waals surface area contributed by atoms with E-state index in [-0.39, 0.29) is 25.0 Å². The van der Waals surface area contributed by atoms with Crippen molar-refractivity contribution in [3.63, 3.8) is 0 Å². The lowest BCUT2D eigenvalue weighted by Crippen LogP contribution is -2.53. The molecule has 26 heavy (non-hydrogen) atoms. The largest absolute Gasteiger partial charge is 0.496 e. The van der Waals surface area contributed by atoms with E-state index in [4.69, 9.17) is 4.74 Å². The predicted molar refractivity (Wildman–Crippen MR) is 93.6 cm³/mol. The summed E-state index contributed by atoms with van der Waals surface area (Å²) >= 11 is 0. The fourth-order valence-corrected chi connectivity index (χ4v) is 3.73. The number of hydrogen-bond acceptors (Lipinski definition) is 4. The number of ether oxygens (including phenoxy) is 1. The molecular formula is C17H23ClF3N3O2. The molecule has 2 fully saturated rings. The van der Waals surface area contributed by atoms with Gasteiger partial charge >= 0.3 is 6.18 Å². The first-order valence-corrected chi connectivity index (χ1v) is 8.35. The normalized spacial score (nSPS) is 24.5. The molecule has 1 aromatic carbocycles. The second kappa shape index (κ2) is 8.45. The van der Waals surface area contributed by atoms with Gasteiger partial charge in [0.2, 0.25) is 5.91 Å². The number of halogens is 4. The molecule has 0 spiro atoms. The van der Waals surface area contributed by atoms with Crippen molar-refractivity contribution in [2.24, 2.45) is 0 Å². The molecule has 0 aromatic heterocycles. The van der Waals surface area contributed by atoms with Gasteiger partial charge in [0.15, 0.2) is 0 Å². The third-order valence-corrected chi connectivity index (χ3v) is 4.82. The third kappa shape index (κ3) is 4.42. The Kier molecular flexibility index (Phi) is 6.76. The van der Waals surface area contributed by atoms with Gasteiger partial charge in [-0.25, -0.2) is 0 Å². The number of carbonyl (C=O) groups excluding carboxylic acids is 1. The highest BCUT2D eigenvalue weighted by Crippen LogP contribution is 2.34. The number of carbonyl (C=O) groups is 1. The van der Waals surface area contributed by atoms with Gasteiger partial charge in [-0.15, -0.1) is 12.4 Å². The topological polar surface area (TPSA) is 44.8 Å². The number of alkyl halides is 3. The van der Waals surface area contributed by atoms with Crippen LogP contribution in [0.25, 0.3) is 0 Å². The first kappa shape index (κ1) is 20.8. The number of benzene rings is 1. The minimum atomic E-state index is -4.37. The van der Waals surface area contributed by atoms with Crippen LogP contribution in [0.5, 0.6) is 5.75 Å². The van der Waals surface area contributed by atoms with Gasteiger partial charge in [-0.1, -0.05) is 18.2 Å². The Morgan fingerprint density at radius 1 is 1.23 bits per heavy atom. The van der Waals surface area contributed by atoms with E-state index < -0.39 is 24.7 Å². The summed E-state index contributed by atoms with van der Waals surface area (Å²) < 4.78 is 43.4. The lowest BCUT2D eigenvalue weighted by atomic mass is 9.99. The van der Waals surface area contributed by atoms with E-state index >= 15 is 0 Å². The molecule has 3 rings (SSSR count). The maximum absolute atomic E-state index is 12.7. The van der Waals surface area contributed by atoms with E-state index in [0.717, 1.165) is 16.2 Å². The minimum Gasteiger partial charge on any atom is -0.496 e. The van der Waals surface area contributed by atoms with Crippen molar-refractivity contribution in [3.05, 3.63) is 29.8 Å². The molecule has 5 nitrogen and oxygen atoms in total. The van der Waals surface area contributed by atoms with Crippen molar-refractivity contribution in [2.45, 2.75) is 24.7 Å². The number of nitrogens with zero attached hydrogens (tertiary/aromatic N) is 2. The monoisotopic (exact) mass is 393 g/mol. The number of hydrogen-bond donors (Lipinski definition) is 1. The maximum Gasteiger partial charge on any atom is 0.406 e. The number of piperazine rings is 1. The van der Waals surface area contributed by atoms with Gasteiger partial charge in [-0.2, -0.15) is 13.2 Å². The molecule has 1 N–H and O–H groups in total. The molecule has 1 aromatic rings. The van der Waals surface area contributed by atoms with E-state index in [9.17, 15) is 18.0 Å². The van der Waals surface area contributed by atoms with Crippen molar-refractivity contribution in [1.29, 1.82) is 0 Å². The number of amides is 1. The van der Waals surface area contributed by atoms with Gasteiger partial charge in [0, 0.05) is 31.7 Å². The zero-order chi connectivity index (χ0) is 18.0. The molecule has 2 aliphatic rings. The van der Waals surface area contributed by atoms with E-state index in [1.807, 2.05) is 29.2 Å². The van der Waals surface area contributed by atoms with Crippen LogP contribution in [0.2, 0.25) is 0 Å². The summed E-state index contributed by atoms with van der Waals surface area (Å²) in [5.74, 6) is 0.290. The molecule has 146 valence electrons. The number of nitrogens with one attached hydrogen (secondary N) is 1. The molecule has 2 atom stereocenters. The fraction of sp³-hybridized carbons (Fsp3) is 0.588. The summed E-state index contributed by atoms with van der Waals surface area (Å²) in [4.78, 5) is 15.5. The second-order valence-electron chi connectivity index (χ2n) is 6.38. The Labute approximate surface area is 156 Å². The van der Waals surface area contributed by atoms with Crippen molar-refractivity contribution >= 4 is 18.3 Å². The molecule has 2 unspecified atom stereocenters. The molecule has 0 bridgehead atoms. The lowest BCUT2D eigenvalue weighted by Gasteiger charge is -2.40. The summed E-state index contributed by atoms with van der Waals surface area (Å²) in [5, 5.41) is 3.30. The standard InChI is InChI=1S/C17H22F3N3O2.ClH/c1-25-15-5-3-2-4-12(15)14-10-21-7-9-23(14)13-6-8-22(16(13)24)11-17(18,19)20;/h2-5,13-14,21H,6-11H2,1H3;1H. The van der Waals surface area contributed by atoms with Gasteiger partial charge in [-0.05, 0) is 12.5 Å². The molecule has 0 aliphatic carbocycles. The van der Waals surface area contributed by atoms with Crippen LogP contribution in [0.3, 0.4) is 0 Å². The molecule has 0 saturated carbocycles. The van der Waals surface area contributed by atoms with E-state index in [1.165, 1.54) is 0 Å². The predicted octanol–water partition coefficient (Wildman–Crippen LogP) is 2.23. The summed E-state index contributed by atoms with van der Waals surface area (Å²) in [6, 6.07) is 6.94. The third-order valence-electron chi connectivity index (χ3n) is 4.82. The number of rotatable bonds is 4. The molecular weight excluding hydrogens is 371 g/mol. The highest BCUT2D eigenvalue weighted by atomic mass is 35.5. The van der Waals surface area contributed by atoms with Crippen molar-refractivity contribution in [3.8, 4) is 5.75 Å². The summed E-state index contributed by atoms with van der Waals surface area (Å²) in [6.45, 7) is 0.913. The highest BCUT2D eigenvalue weighted by molar-refractivity contribution is 5.85. The van der Waals surface area contributed by atoms with E-state index in [2.05, 4.69) is 5.32 Å². The molecule has 2 heterocycles. The van der Waals surface area contributed by atoms with E-state index in [0.29, 0.717) is 26.1 Å². The van der Waals surface area contributed by atoms with Gasteiger partial charge in [-0.3, -0.25) is 9.69 Å². The zero-order valence-corrected chi connectivity index (χ0v) is 15.3. The molecule has 1 amide bonds. The average molecular weight is 394 g/mol. The first-order chi connectivity index (χ1) is 11.9.